The van der Waals surface area contributed by atoms with Crippen molar-refractivity contribution in [3.63, 3.8) is 0 Å². The van der Waals surface area contributed by atoms with Crippen LogP contribution in [0.1, 0.15) is 11.1 Å². The van der Waals surface area contributed by atoms with Gasteiger partial charge in [-0.25, -0.2) is 9.97 Å². The Bertz CT molecular complexity index is 1140. The third-order valence-corrected chi connectivity index (χ3v) is 4.68. The van der Waals surface area contributed by atoms with Crippen LogP contribution in [-0.4, -0.2) is 24.9 Å². The zero-order chi connectivity index (χ0) is 18.8. The van der Waals surface area contributed by atoms with Crippen molar-refractivity contribution in [2.45, 2.75) is 13.1 Å². The van der Waals surface area contributed by atoms with Crippen LogP contribution in [0.3, 0.4) is 0 Å². The van der Waals surface area contributed by atoms with E-state index in [-0.39, 0.29) is 0 Å². The van der Waals surface area contributed by atoms with Crippen LogP contribution >= 0.6 is 0 Å². The van der Waals surface area contributed by atoms with E-state index in [0.717, 1.165) is 27.9 Å². The lowest BCUT2D eigenvalue weighted by molar-refractivity contribution is 1.04. The second-order valence-corrected chi connectivity index (χ2v) is 6.63. The van der Waals surface area contributed by atoms with E-state index >= 15 is 0 Å². The third-order valence-electron chi connectivity index (χ3n) is 4.68. The molecule has 0 aliphatic carbocycles. The van der Waals surface area contributed by atoms with E-state index in [1.165, 1.54) is 10.9 Å². The molecular formula is C21H19N7. The number of aromatic nitrogens is 5. The number of H-pyrrole nitrogens is 2. The van der Waals surface area contributed by atoms with Gasteiger partial charge in [-0.1, -0.05) is 18.2 Å². The number of nitrogens with one attached hydrogen (secondary N) is 4. The predicted octanol–water partition coefficient (Wildman–Crippen LogP) is 4.06. The minimum absolute atomic E-state index is 0.598. The van der Waals surface area contributed by atoms with Crippen molar-refractivity contribution >= 4 is 33.7 Å². The summed E-state index contributed by atoms with van der Waals surface area (Å²) in [6.45, 7) is 1.34. The van der Waals surface area contributed by atoms with E-state index in [0.29, 0.717) is 19.0 Å². The first kappa shape index (κ1) is 16.3. The summed E-state index contributed by atoms with van der Waals surface area (Å²) >= 11 is 0. The molecule has 7 nitrogen and oxygen atoms in total. The molecule has 0 bridgehead atoms. The average Bonchev–Trinajstić information content (AvgIpc) is 3.39. The smallest absolute Gasteiger partial charge is 0.224 e. The Balaban J connectivity index is 1.23. The van der Waals surface area contributed by atoms with Crippen molar-refractivity contribution in [3.8, 4) is 0 Å². The Kier molecular flexibility index (Phi) is 4.10. The quantitative estimate of drug-likeness (QED) is 0.362. The number of hydrogen-bond donors (Lipinski definition) is 4. The standard InChI is InChI=1S/C21H19N7/c1-3-16-5-7-22-18(16)9-14(1)12-25-21-23-8-6-20(28-21)24-11-15-2-4-17-19(10-15)27-13-26-17/h1-10,13,22H,11-12H2,(H,26,27)(H2,23,24,25,28). The molecule has 0 saturated heterocycles. The Morgan fingerprint density at radius 2 is 1.64 bits per heavy atom. The summed E-state index contributed by atoms with van der Waals surface area (Å²) in [6.07, 6.45) is 5.41. The first-order valence-corrected chi connectivity index (χ1v) is 9.12. The highest BCUT2D eigenvalue weighted by molar-refractivity contribution is 5.80. The molecule has 5 aromatic rings. The number of benzene rings is 2. The van der Waals surface area contributed by atoms with Crippen molar-refractivity contribution in [3.05, 3.63) is 78.4 Å². The molecule has 0 radical (unpaired) electrons. The molecule has 3 aromatic heterocycles. The van der Waals surface area contributed by atoms with E-state index in [2.05, 4.69) is 72.0 Å². The Morgan fingerprint density at radius 1 is 0.786 bits per heavy atom. The molecule has 0 spiro atoms. The zero-order valence-electron chi connectivity index (χ0n) is 15.1. The monoisotopic (exact) mass is 369 g/mol. The van der Waals surface area contributed by atoms with Gasteiger partial charge in [0.15, 0.2) is 0 Å². The van der Waals surface area contributed by atoms with Gasteiger partial charge >= 0.3 is 0 Å². The van der Waals surface area contributed by atoms with E-state index in [4.69, 9.17) is 0 Å². The normalized spacial score (nSPS) is 11.1. The fourth-order valence-electron chi connectivity index (χ4n) is 3.21. The van der Waals surface area contributed by atoms with Gasteiger partial charge in [0.25, 0.3) is 0 Å². The molecule has 4 N–H and O–H groups in total. The van der Waals surface area contributed by atoms with Crippen LogP contribution in [0.25, 0.3) is 21.9 Å². The minimum atomic E-state index is 0.598. The molecular weight excluding hydrogens is 350 g/mol. The molecule has 138 valence electrons. The summed E-state index contributed by atoms with van der Waals surface area (Å²) in [4.78, 5) is 19.5. The lowest BCUT2D eigenvalue weighted by Gasteiger charge is -2.09. The van der Waals surface area contributed by atoms with Crippen molar-refractivity contribution in [2.75, 3.05) is 10.6 Å². The van der Waals surface area contributed by atoms with Gasteiger partial charge < -0.3 is 20.6 Å². The van der Waals surface area contributed by atoms with Crippen LogP contribution in [0, 0.1) is 0 Å². The van der Waals surface area contributed by atoms with E-state index < -0.39 is 0 Å². The number of hydrogen-bond acceptors (Lipinski definition) is 5. The predicted molar refractivity (Wildman–Crippen MR) is 111 cm³/mol. The number of fused-ring (bicyclic) bond motifs is 2. The molecule has 7 heteroatoms. The van der Waals surface area contributed by atoms with Crippen LogP contribution in [0.5, 0.6) is 0 Å². The molecule has 0 aliphatic rings. The maximum Gasteiger partial charge on any atom is 0.224 e. The maximum absolute atomic E-state index is 4.55. The fraction of sp³-hybridized carbons (Fsp3) is 0.0952. The highest BCUT2D eigenvalue weighted by Crippen LogP contribution is 2.16. The van der Waals surface area contributed by atoms with E-state index in [1.54, 1.807) is 12.5 Å². The van der Waals surface area contributed by atoms with Gasteiger partial charge in [0.1, 0.15) is 5.82 Å². The van der Waals surface area contributed by atoms with Gasteiger partial charge in [0.2, 0.25) is 5.95 Å². The second kappa shape index (κ2) is 7.03. The minimum Gasteiger partial charge on any atom is -0.366 e. The number of anilines is 2. The Morgan fingerprint density at radius 3 is 2.61 bits per heavy atom. The lowest BCUT2D eigenvalue weighted by Crippen LogP contribution is -2.06. The number of rotatable bonds is 6. The fourth-order valence-corrected chi connectivity index (χ4v) is 3.21. The van der Waals surface area contributed by atoms with Crippen molar-refractivity contribution < 1.29 is 0 Å². The van der Waals surface area contributed by atoms with Gasteiger partial charge in [0, 0.05) is 31.0 Å². The van der Waals surface area contributed by atoms with E-state index in [9.17, 15) is 0 Å². The summed E-state index contributed by atoms with van der Waals surface area (Å²) in [5.41, 5.74) is 5.46. The number of nitrogens with zero attached hydrogens (tertiary/aromatic N) is 3. The summed E-state index contributed by atoms with van der Waals surface area (Å²) < 4.78 is 0. The molecule has 0 amide bonds. The van der Waals surface area contributed by atoms with Crippen LogP contribution in [0.15, 0.2) is 67.3 Å². The molecule has 0 aliphatic heterocycles. The van der Waals surface area contributed by atoms with Gasteiger partial charge in [0.05, 0.1) is 17.4 Å². The van der Waals surface area contributed by atoms with Crippen molar-refractivity contribution in [2.24, 2.45) is 0 Å². The Hall–Kier alpha value is -3.87. The molecule has 0 atom stereocenters. The maximum atomic E-state index is 4.55. The van der Waals surface area contributed by atoms with E-state index in [1.807, 2.05) is 18.3 Å². The van der Waals surface area contributed by atoms with Crippen LogP contribution in [-0.2, 0) is 13.1 Å². The van der Waals surface area contributed by atoms with Crippen molar-refractivity contribution in [1.82, 2.24) is 24.9 Å². The lowest BCUT2D eigenvalue weighted by atomic mass is 10.1. The highest BCUT2D eigenvalue weighted by atomic mass is 15.1. The third kappa shape index (κ3) is 3.37. The molecule has 5 rings (SSSR count). The summed E-state index contributed by atoms with van der Waals surface area (Å²) in [5.74, 6) is 1.38. The molecule has 0 unspecified atom stereocenters. The Labute approximate surface area is 161 Å². The largest absolute Gasteiger partial charge is 0.366 e. The molecule has 3 heterocycles. The van der Waals surface area contributed by atoms with Gasteiger partial charge in [-0.2, -0.15) is 4.98 Å². The SMILES string of the molecule is c1cc(NCc2ccc3nc[nH]c3c2)nc(NCc2ccc3cc[nH]c3c2)n1. The first-order valence-electron chi connectivity index (χ1n) is 9.12. The van der Waals surface area contributed by atoms with Gasteiger partial charge in [-0.15, -0.1) is 0 Å². The number of aromatic amines is 2. The van der Waals surface area contributed by atoms with Gasteiger partial charge in [-0.3, -0.25) is 0 Å². The van der Waals surface area contributed by atoms with Crippen LogP contribution < -0.4 is 10.6 Å². The summed E-state index contributed by atoms with van der Waals surface area (Å²) in [5, 5.41) is 7.84. The molecule has 2 aromatic carbocycles. The van der Waals surface area contributed by atoms with Crippen molar-refractivity contribution in [1.29, 1.82) is 0 Å². The first-order chi connectivity index (χ1) is 13.8. The average molecular weight is 369 g/mol. The number of imidazole rings is 1. The topological polar surface area (TPSA) is 94.3 Å². The second-order valence-electron chi connectivity index (χ2n) is 6.63. The van der Waals surface area contributed by atoms with Crippen LogP contribution in [0.2, 0.25) is 0 Å². The summed E-state index contributed by atoms with van der Waals surface area (Å²) in [6, 6.07) is 16.4. The zero-order valence-corrected chi connectivity index (χ0v) is 15.1. The molecule has 28 heavy (non-hydrogen) atoms. The molecule has 0 saturated carbocycles. The molecule has 0 fully saturated rings. The summed E-state index contributed by atoms with van der Waals surface area (Å²) in [7, 11) is 0. The highest BCUT2D eigenvalue weighted by Gasteiger charge is 2.03. The van der Waals surface area contributed by atoms with Gasteiger partial charge in [-0.05, 0) is 46.8 Å². The van der Waals surface area contributed by atoms with Crippen LogP contribution in [0.4, 0.5) is 11.8 Å².